The lowest BCUT2D eigenvalue weighted by Gasteiger charge is -2.13. The molecule has 0 aromatic rings. The van der Waals surface area contributed by atoms with Crippen LogP contribution in [-0.2, 0) is 14.9 Å². The molecule has 9 heteroatoms. The van der Waals surface area contributed by atoms with E-state index in [4.69, 9.17) is 4.55 Å². The van der Waals surface area contributed by atoms with Gasteiger partial charge in [0.1, 0.15) is 38.0 Å². The molecule has 0 spiro atoms. The molecule has 8 nitrogen and oxygen atoms in total. The largest absolute Gasteiger partial charge is 0.392 e. The van der Waals surface area contributed by atoms with Crippen molar-refractivity contribution >= 4 is 21.7 Å². The Bertz CT molecular complexity index is 720. The lowest BCUT2D eigenvalue weighted by atomic mass is 10.0. The first-order valence-electron chi connectivity index (χ1n) is 12.6. The summed E-state index contributed by atoms with van der Waals surface area (Å²) in [4.78, 5) is 14.6. The fourth-order valence-corrected chi connectivity index (χ4v) is 4.79. The number of hydrogen-bond donors (Lipinski definition) is 3. The van der Waals surface area contributed by atoms with Crippen LogP contribution in [0.2, 0.25) is 0 Å². The molecule has 1 aliphatic heterocycles. The Morgan fingerprint density at radius 3 is 2.27 bits per heavy atom. The van der Waals surface area contributed by atoms with E-state index in [9.17, 15) is 23.4 Å². The number of amidine groups is 1. The van der Waals surface area contributed by atoms with Crippen LogP contribution in [0, 0.1) is 0 Å². The summed E-state index contributed by atoms with van der Waals surface area (Å²) in [6, 6.07) is 0. The Balaban J connectivity index is 2.33. The number of Topliss-reactive ketones (excluding diaryl/α,β-unsaturated/α-hetero) is 1. The molecule has 0 saturated carbocycles. The molecule has 1 atom stereocenters. The maximum atomic E-state index is 12.9. The lowest BCUT2D eigenvalue weighted by molar-refractivity contribution is -0.525. The number of carbonyl (C=O) groups excluding carboxylic acids is 1. The average molecular weight is 490 g/mol. The molecule has 0 amide bonds. The molecule has 0 bridgehead atoms. The van der Waals surface area contributed by atoms with Crippen molar-refractivity contribution in [3.63, 3.8) is 0 Å². The summed E-state index contributed by atoms with van der Waals surface area (Å²) < 4.78 is 32.6. The number of ketones is 1. The molecule has 1 heterocycles. The maximum absolute atomic E-state index is 12.9. The van der Waals surface area contributed by atoms with Gasteiger partial charge in [0.05, 0.1) is 6.61 Å². The standard InChI is InChI=1S/C24H44N2O6S/c1-2-3-4-5-6-7-8-9-10-11-12-13-14-15-23(29)24-25(18-19-27)16-17-26(24)20-22(28)21-33(30,31)32/h4-5,22,27-28H,2-3,6-21H2,1H3/p+1/b5-4+. The van der Waals surface area contributed by atoms with E-state index in [1.54, 1.807) is 9.48 Å². The van der Waals surface area contributed by atoms with Crippen LogP contribution in [-0.4, -0.2) is 88.9 Å². The van der Waals surface area contributed by atoms with Gasteiger partial charge < -0.3 is 10.2 Å². The second-order valence-corrected chi connectivity index (χ2v) is 10.4. The Hall–Kier alpha value is -1.29. The van der Waals surface area contributed by atoms with Gasteiger partial charge in [-0.15, -0.1) is 0 Å². The number of hydrogen-bond acceptors (Lipinski definition) is 6. The normalized spacial score (nSPS) is 15.7. The van der Waals surface area contributed by atoms with E-state index in [1.807, 2.05) is 0 Å². The summed E-state index contributed by atoms with van der Waals surface area (Å²) in [5.74, 6) is -0.372. The third-order valence-corrected chi connectivity index (χ3v) is 6.65. The highest BCUT2D eigenvalue weighted by Crippen LogP contribution is 2.13. The van der Waals surface area contributed by atoms with Crippen LogP contribution in [0.3, 0.4) is 0 Å². The third-order valence-electron chi connectivity index (χ3n) is 5.84. The Labute approximate surface area is 200 Å². The third kappa shape index (κ3) is 13.9. The summed E-state index contributed by atoms with van der Waals surface area (Å²) in [6.07, 6.45) is 16.3. The molecule has 33 heavy (non-hydrogen) atoms. The number of carbonyl (C=O) groups is 1. The van der Waals surface area contributed by atoms with Crippen LogP contribution in [0.1, 0.15) is 84.0 Å². The van der Waals surface area contributed by atoms with Gasteiger partial charge in [-0.2, -0.15) is 8.42 Å². The monoisotopic (exact) mass is 489 g/mol. The van der Waals surface area contributed by atoms with Crippen LogP contribution in [0.4, 0.5) is 0 Å². The van der Waals surface area contributed by atoms with E-state index in [2.05, 4.69) is 19.1 Å². The zero-order chi connectivity index (χ0) is 24.5. The molecule has 0 aromatic heterocycles. The fourth-order valence-electron chi connectivity index (χ4n) is 4.19. The number of rotatable bonds is 20. The minimum atomic E-state index is -4.29. The van der Waals surface area contributed by atoms with Gasteiger partial charge in [-0.05, 0) is 25.7 Å². The highest BCUT2D eigenvalue weighted by molar-refractivity contribution is 7.85. The molecule has 3 N–H and O–H groups in total. The van der Waals surface area contributed by atoms with Gasteiger partial charge in [-0.3, -0.25) is 18.8 Å². The number of aliphatic hydroxyl groups is 2. The molecule has 1 aliphatic rings. The van der Waals surface area contributed by atoms with Crippen molar-refractivity contribution in [2.75, 3.05) is 38.5 Å². The Kier molecular flexibility index (Phi) is 15.5. The van der Waals surface area contributed by atoms with Crippen molar-refractivity contribution in [3.8, 4) is 0 Å². The van der Waals surface area contributed by atoms with Gasteiger partial charge in [-0.25, -0.2) is 0 Å². The first-order chi connectivity index (χ1) is 15.8. The van der Waals surface area contributed by atoms with Crippen molar-refractivity contribution in [2.45, 2.75) is 90.1 Å². The van der Waals surface area contributed by atoms with E-state index in [-0.39, 0.29) is 18.9 Å². The summed E-state index contributed by atoms with van der Waals surface area (Å²) in [5.41, 5.74) is 0. The fraction of sp³-hybridized carbons (Fsp3) is 0.833. The minimum Gasteiger partial charge on any atom is -0.392 e. The summed E-state index contributed by atoms with van der Waals surface area (Å²) >= 11 is 0. The Morgan fingerprint density at radius 2 is 1.67 bits per heavy atom. The molecule has 0 saturated heterocycles. The maximum Gasteiger partial charge on any atom is 0.316 e. The van der Waals surface area contributed by atoms with Crippen molar-refractivity contribution in [3.05, 3.63) is 12.2 Å². The van der Waals surface area contributed by atoms with Gasteiger partial charge >= 0.3 is 5.84 Å². The highest BCUT2D eigenvalue weighted by Gasteiger charge is 2.36. The van der Waals surface area contributed by atoms with Gasteiger partial charge in [0, 0.05) is 6.42 Å². The zero-order valence-corrected chi connectivity index (χ0v) is 21.1. The number of β-amino-alcohol motifs (C(OH)–C–C–N with tert-alkyl or cyclic N) is 2. The van der Waals surface area contributed by atoms with Gasteiger partial charge in [0.15, 0.2) is 0 Å². The second-order valence-electron chi connectivity index (χ2n) is 8.93. The van der Waals surface area contributed by atoms with Crippen molar-refractivity contribution in [1.82, 2.24) is 4.90 Å². The topological polar surface area (TPSA) is 118 Å². The second kappa shape index (κ2) is 17.2. The van der Waals surface area contributed by atoms with E-state index < -0.39 is 22.0 Å². The summed E-state index contributed by atoms with van der Waals surface area (Å²) in [5, 5.41) is 19.3. The predicted octanol–water partition coefficient (Wildman–Crippen LogP) is 2.78. The number of nitrogens with zero attached hydrogens (tertiary/aromatic N) is 2. The average Bonchev–Trinajstić information content (AvgIpc) is 3.12. The van der Waals surface area contributed by atoms with E-state index in [1.165, 1.54) is 51.4 Å². The highest BCUT2D eigenvalue weighted by atomic mass is 32.2. The number of unbranched alkanes of at least 4 members (excludes halogenated alkanes) is 9. The molecule has 0 aliphatic carbocycles. The van der Waals surface area contributed by atoms with Gasteiger partial charge in [0.25, 0.3) is 10.1 Å². The number of allylic oxidation sites excluding steroid dienone is 2. The molecule has 1 rings (SSSR count). The van der Waals surface area contributed by atoms with Crippen LogP contribution in [0.25, 0.3) is 0 Å². The van der Waals surface area contributed by atoms with Gasteiger partial charge in [-0.1, -0.05) is 64.0 Å². The molecule has 0 radical (unpaired) electrons. The first-order valence-corrected chi connectivity index (χ1v) is 14.2. The van der Waals surface area contributed by atoms with Crippen molar-refractivity contribution in [2.24, 2.45) is 0 Å². The SMILES string of the molecule is CCC/C=C/CCCCCCCCCCC(=O)C1=[N+](CC(O)CS(=O)(=O)O)CCN1CCO. The quantitative estimate of drug-likeness (QED) is 0.104. The Morgan fingerprint density at radius 1 is 1.06 bits per heavy atom. The van der Waals surface area contributed by atoms with Crippen molar-refractivity contribution < 1.29 is 32.6 Å². The smallest absolute Gasteiger partial charge is 0.316 e. The predicted molar refractivity (Wildman–Crippen MR) is 131 cm³/mol. The minimum absolute atomic E-state index is 0.0445. The van der Waals surface area contributed by atoms with E-state index >= 15 is 0 Å². The lowest BCUT2D eigenvalue weighted by Crippen LogP contribution is -2.40. The molecular weight excluding hydrogens is 444 g/mol. The summed E-state index contributed by atoms with van der Waals surface area (Å²) in [7, 11) is -4.29. The molecule has 0 fully saturated rings. The summed E-state index contributed by atoms with van der Waals surface area (Å²) in [6.45, 7) is 3.38. The van der Waals surface area contributed by atoms with E-state index in [0.29, 0.717) is 31.9 Å². The first kappa shape index (κ1) is 29.7. The molecule has 0 aromatic carbocycles. The van der Waals surface area contributed by atoms with Crippen LogP contribution in [0.15, 0.2) is 12.2 Å². The van der Waals surface area contributed by atoms with Crippen LogP contribution < -0.4 is 0 Å². The van der Waals surface area contributed by atoms with Crippen LogP contribution in [0.5, 0.6) is 0 Å². The van der Waals surface area contributed by atoms with Gasteiger partial charge in [0.2, 0.25) is 5.78 Å². The molecular formula is C24H45N2O6S+. The van der Waals surface area contributed by atoms with Crippen LogP contribution >= 0.6 is 0 Å². The number of aliphatic hydroxyl groups excluding tert-OH is 2. The molecule has 1 unspecified atom stereocenters. The molecule has 192 valence electrons. The van der Waals surface area contributed by atoms with Crippen molar-refractivity contribution in [1.29, 1.82) is 0 Å². The van der Waals surface area contributed by atoms with E-state index in [0.717, 1.165) is 19.3 Å². The zero-order valence-electron chi connectivity index (χ0n) is 20.3.